The summed E-state index contributed by atoms with van der Waals surface area (Å²) in [6, 6.07) is 17.4. The fourth-order valence-electron chi connectivity index (χ4n) is 2.19. The Labute approximate surface area is 127 Å². The van der Waals surface area contributed by atoms with Crippen LogP contribution in [0.15, 0.2) is 59.8 Å². The van der Waals surface area contributed by atoms with Gasteiger partial charge in [0.15, 0.2) is 5.16 Å². The van der Waals surface area contributed by atoms with E-state index in [2.05, 4.69) is 9.97 Å². The number of H-pyrrole nitrogens is 1. The van der Waals surface area contributed by atoms with E-state index < -0.39 is 5.60 Å². The van der Waals surface area contributed by atoms with Crippen molar-refractivity contribution in [1.82, 2.24) is 9.97 Å². The number of aromatic nitrogens is 2. The Kier molecular flexibility index (Phi) is 3.96. The molecule has 4 nitrogen and oxygen atoms in total. The molecule has 0 radical (unpaired) electrons. The third-order valence-electron chi connectivity index (χ3n) is 3.46. The number of thioether (sulfide) groups is 1. The lowest BCUT2D eigenvalue weighted by molar-refractivity contribution is 0.0721. The molecule has 2 aromatic carbocycles. The van der Waals surface area contributed by atoms with Gasteiger partial charge in [0, 0.05) is 12.3 Å². The van der Waals surface area contributed by atoms with Gasteiger partial charge in [0.1, 0.15) is 5.60 Å². The Bertz CT molecular complexity index is 695. The molecule has 1 heterocycles. The second-order valence-corrected chi connectivity index (χ2v) is 5.91. The maximum absolute atomic E-state index is 10.7. The number of benzene rings is 2. The van der Waals surface area contributed by atoms with E-state index in [0.717, 1.165) is 21.8 Å². The third-order valence-corrected chi connectivity index (χ3v) is 4.55. The van der Waals surface area contributed by atoms with Gasteiger partial charge < -0.3 is 15.8 Å². The van der Waals surface area contributed by atoms with E-state index >= 15 is 0 Å². The molecule has 4 N–H and O–H groups in total. The van der Waals surface area contributed by atoms with Crippen LogP contribution in [0.1, 0.15) is 5.56 Å². The van der Waals surface area contributed by atoms with Gasteiger partial charge in [-0.2, -0.15) is 0 Å². The first-order valence-corrected chi connectivity index (χ1v) is 7.75. The van der Waals surface area contributed by atoms with Gasteiger partial charge in [-0.25, -0.2) is 4.98 Å². The van der Waals surface area contributed by atoms with Crippen molar-refractivity contribution >= 4 is 22.8 Å². The van der Waals surface area contributed by atoms with Crippen LogP contribution in [-0.2, 0) is 5.60 Å². The van der Waals surface area contributed by atoms with Gasteiger partial charge in [-0.15, -0.1) is 0 Å². The summed E-state index contributed by atoms with van der Waals surface area (Å²) in [6.45, 7) is 0.171. The van der Waals surface area contributed by atoms with E-state index in [1.54, 1.807) is 0 Å². The van der Waals surface area contributed by atoms with Crippen LogP contribution in [0.4, 0.5) is 0 Å². The monoisotopic (exact) mass is 299 g/mol. The molecular weight excluding hydrogens is 282 g/mol. The molecule has 21 heavy (non-hydrogen) atoms. The molecule has 1 unspecified atom stereocenters. The molecule has 0 aliphatic carbocycles. The van der Waals surface area contributed by atoms with E-state index in [1.165, 1.54) is 11.8 Å². The highest BCUT2D eigenvalue weighted by atomic mass is 32.2. The number of aliphatic hydroxyl groups is 1. The van der Waals surface area contributed by atoms with Crippen LogP contribution in [0.5, 0.6) is 0 Å². The van der Waals surface area contributed by atoms with Crippen LogP contribution in [0.2, 0.25) is 0 Å². The summed E-state index contributed by atoms with van der Waals surface area (Å²) in [5.41, 5.74) is 7.49. The maximum atomic E-state index is 10.7. The van der Waals surface area contributed by atoms with E-state index in [1.807, 2.05) is 54.6 Å². The average molecular weight is 299 g/mol. The Hall–Kier alpha value is -1.82. The highest BCUT2D eigenvalue weighted by molar-refractivity contribution is 7.99. The average Bonchev–Trinajstić information content (AvgIpc) is 2.96. The van der Waals surface area contributed by atoms with Crippen LogP contribution >= 0.6 is 11.8 Å². The van der Waals surface area contributed by atoms with Crippen LogP contribution < -0.4 is 5.73 Å². The van der Waals surface area contributed by atoms with Gasteiger partial charge in [0.05, 0.1) is 11.0 Å². The second kappa shape index (κ2) is 5.89. The number of fused-ring (bicyclic) bond motifs is 1. The maximum Gasteiger partial charge on any atom is 0.166 e. The lowest BCUT2D eigenvalue weighted by atomic mass is 9.96. The Morgan fingerprint density at radius 2 is 1.81 bits per heavy atom. The molecule has 3 aromatic rings. The minimum atomic E-state index is -1.05. The van der Waals surface area contributed by atoms with Crippen LogP contribution in [0, 0.1) is 0 Å². The molecule has 108 valence electrons. The van der Waals surface area contributed by atoms with Crippen molar-refractivity contribution < 1.29 is 5.11 Å². The number of hydrogen-bond acceptors (Lipinski definition) is 4. The van der Waals surface area contributed by atoms with Crippen molar-refractivity contribution in [2.75, 3.05) is 12.3 Å². The first kappa shape index (κ1) is 14.1. The van der Waals surface area contributed by atoms with Gasteiger partial charge in [-0.3, -0.25) is 0 Å². The van der Waals surface area contributed by atoms with E-state index in [4.69, 9.17) is 5.73 Å². The molecular formula is C16H17N3OS. The largest absolute Gasteiger partial charge is 0.383 e. The summed E-state index contributed by atoms with van der Waals surface area (Å²) < 4.78 is 0. The standard InChI is InChI=1S/C16H17N3OS/c17-10-16(20,12-6-2-1-3-7-12)11-21-15-18-13-8-4-5-9-14(13)19-15/h1-9,20H,10-11,17H2,(H,18,19). The van der Waals surface area contributed by atoms with Crippen LogP contribution in [0.3, 0.4) is 0 Å². The summed E-state index contributed by atoms with van der Waals surface area (Å²) in [7, 11) is 0. The van der Waals surface area contributed by atoms with Crippen molar-refractivity contribution in [2.45, 2.75) is 10.8 Å². The first-order chi connectivity index (χ1) is 10.2. The molecule has 0 bridgehead atoms. The normalized spacial score (nSPS) is 14.2. The van der Waals surface area contributed by atoms with Crippen molar-refractivity contribution in [3.05, 3.63) is 60.2 Å². The van der Waals surface area contributed by atoms with Crippen LogP contribution in [0.25, 0.3) is 11.0 Å². The summed E-state index contributed by atoms with van der Waals surface area (Å²) in [6.07, 6.45) is 0. The number of nitrogens with one attached hydrogen (secondary N) is 1. The van der Waals surface area contributed by atoms with Crippen molar-refractivity contribution in [2.24, 2.45) is 5.73 Å². The van der Waals surface area contributed by atoms with E-state index in [0.29, 0.717) is 5.75 Å². The quantitative estimate of drug-likeness (QED) is 0.633. The minimum absolute atomic E-state index is 0.171. The molecule has 5 heteroatoms. The zero-order valence-corrected chi connectivity index (χ0v) is 12.3. The highest BCUT2D eigenvalue weighted by Gasteiger charge is 2.28. The predicted molar refractivity (Wildman–Crippen MR) is 86.2 cm³/mol. The number of aromatic amines is 1. The topological polar surface area (TPSA) is 74.9 Å². The first-order valence-electron chi connectivity index (χ1n) is 6.77. The van der Waals surface area contributed by atoms with Gasteiger partial charge >= 0.3 is 0 Å². The molecule has 0 saturated carbocycles. The third kappa shape index (κ3) is 2.95. The lowest BCUT2D eigenvalue weighted by Crippen LogP contribution is -2.37. The fourth-order valence-corrected chi connectivity index (χ4v) is 3.20. The van der Waals surface area contributed by atoms with Crippen molar-refractivity contribution in [3.63, 3.8) is 0 Å². The highest BCUT2D eigenvalue weighted by Crippen LogP contribution is 2.28. The molecule has 3 rings (SSSR count). The number of para-hydroxylation sites is 2. The fraction of sp³-hybridized carbons (Fsp3) is 0.188. The van der Waals surface area contributed by atoms with Gasteiger partial charge in [0.2, 0.25) is 0 Å². The molecule has 1 atom stereocenters. The van der Waals surface area contributed by atoms with E-state index in [9.17, 15) is 5.11 Å². The smallest absolute Gasteiger partial charge is 0.166 e. The molecule has 0 spiro atoms. The SMILES string of the molecule is NCC(O)(CSc1nc2ccccc2[nH]1)c1ccccc1. The predicted octanol–water partition coefficient (Wildman–Crippen LogP) is 2.50. The molecule has 1 aromatic heterocycles. The summed E-state index contributed by atoms with van der Waals surface area (Å²) >= 11 is 1.48. The minimum Gasteiger partial charge on any atom is -0.383 e. The summed E-state index contributed by atoms with van der Waals surface area (Å²) in [5.74, 6) is 0.452. The molecule has 0 fully saturated rings. The number of nitrogens with two attached hydrogens (primary N) is 1. The zero-order valence-electron chi connectivity index (χ0n) is 11.5. The number of nitrogens with zero attached hydrogens (tertiary/aromatic N) is 1. The second-order valence-electron chi connectivity index (χ2n) is 4.95. The Balaban J connectivity index is 1.78. The Morgan fingerprint density at radius 1 is 1.10 bits per heavy atom. The van der Waals surface area contributed by atoms with Gasteiger partial charge in [-0.05, 0) is 17.7 Å². The van der Waals surface area contributed by atoms with Crippen molar-refractivity contribution in [3.8, 4) is 0 Å². The number of hydrogen-bond donors (Lipinski definition) is 3. The van der Waals surface area contributed by atoms with E-state index in [-0.39, 0.29) is 6.54 Å². The molecule has 0 aliphatic heterocycles. The zero-order chi connectivity index (χ0) is 14.7. The summed E-state index contributed by atoms with van der Waals surface area (Å²) in [4.78, 5) is 7.74. The molecule has 0 amide bonds. The van der Waals surface area contributed by atoms with Crippen LogP contribution in [-0.4, -0.2) is 27.4 Å². The molecule has 0 saturated heterocycles. The van der Waals surface area contributed by atoms with Gasteiger partial charge in [0.25, 0.3) is 0 Å². The Morgan fingerprint density at radius 3 is 2.52 bits per heavy atom. The lowest BCUT2D eigenvalue weighted by Gasteiger charge is -2.26. The van der Waals surface area contributed by atoms with Crippen molar-refractivity contribution in [1.29, 1.82) is 0 Å². The number of imidazole rings is 1. The molecule has 0 aliphatic rings. The van der Waals surface area contributed by atoms with Gasteiger partial charge in [-0.1, -0.05) is 54.2 Å². The number of rotatable bonds is 5. The summed E-state index contributed by atoms with van der Waals surface area (Å²) in [5, 5.41) is 11.5.